The number of amides is 1. The second kappa shape index (κ2) is 5.77. The maximum Gasteiger partial charge on any atom is 0.391 e. The number of likely N-dealkylation sites (tertiary alicyclic amines) is 1. The van der Waals surface area contributed by atoms with Crippen LogP contribution in [0.3, 0.4) is 0 Å². The van der Waals surface area contributed by atoms with E-state index < -0.39 is 12.1 Å². The summed E-state index contributed by atoms with van der Waals surface area (Å²) in [7, 11) is 0. The Hall–Kier alpha value is -1.01. The molecule has 0 saturated carbocycles. The van der Waals surface area contributed by atoms with Crippen molar-refractivity contribution in [2.24, 2.45) is 5.92 Å². The van der Waals surface area contributed by atoms with Gasteiger partial charge in [0.1, 0.15) is 10.3 Å². The number of pyridine rings is 1. The molecule has 20 heavy (non-hydrogen) atoms. The summed E-state index contributed by atoms with van der Waals surface area (Å²) in [6, 6.07) is 2.71. The van der Waals surface area contributed by atoms with E-state index in [1.54, 1.807) is 0 Å². The van der Waals surface area contributed by atoms with E-state index in [1.165, 1.54) is 17.0 Å². The van der Waals surface area contributed by atoms with E-state index in [2.05, 4.69) is 4.98 Å². The van der Waals surface area contributed by atoms with Gasteiger partial charge >= 0.3 is 6.18 Å². The van der Waals surface area contributed by atoms with Gasteiger partial charge < -0.3 is 4.90 Å². The first-order valence-electron chi connectivity index (χ1n) is 5.96. The number of hydrogen-bond donors (Lipinski definition) is 0. The number of carbonyl (C=O) groups excluding carboxylic acids is 1. The molecule has 0 aliphatic carbocycles. The highest BCUT2D eigenvalue weighted by Crippen LogP contribution is 2.34. The number of aromatic nitrogens is 1. The Bertz CT molecular complexity index is 494. The maximum atomic E-state index is 12.6. The zero-order chi connectivity index (χ0) is 14.9. The average molecular weight is 327 g/mol. The van der Waals surface area contributed by atoms with Crippen LogP contribution in [-0.2, 0) is 0 Å². The molecule has 3 nitrogen and oxygen atoms in total. The maximum absolute atomic E-state index is 12.6. The molecule has 2 heterocycles. The summed E-state index contributed by atoms with van der Waals surface area (Å²) in [6.07, 6.45) is -4.36. The fourth-order valence-electron chi connectivity index (χ4n) is 2.18. The van der Waals surface area contributed by atoms with Crippen LogP contribution >= 0.6 is 23.2 Å². The molecule has 1 saturated heterocycles. The molecule has 0 N–H and O–H groups in total. The zero-order valence-corrected chi connectivity index (χ0v) is 11.8. The molecule has 2 rings (SSSR count). The highest BCUT2D eigenvalue weighted by atomic mass is 35.5. The van der Waals surface area contributed by atoms with E-state index in [0.29, 0.717) is 0 Å². The predicted octanol–water partition coefficient (Wildman–Crippen LogP) is 3.80. The SMILES string of the molecule is O=C(c1cc(Cl)nc(Cl)c1)N1CCC(C(F)(F)F)CC1. The van der Waals surface area contributed by atoms with Crippen LogP contribution in [0.1, 0.15) is 23.2 Å². The van der Waals surface area contributed by atoms with Crippen LogP contribution in [-0.4, -0.2) is 35.1 Å². The number of carbonyl (C=O) groups is 1. The number of rotatable bonds is 1. The first-order valence-corrected chi connectivity index (χ1v) is 6.72. The number of piperidine rings is 1. The highest BCUT2D eigenvalue weighted by molar-refractivity contribution is 6.33. The Morgan fingerprint density at radius 2 is 1.70 bits per heavy atom. The standard InChI is InChI=1S/C12H11Cl2F3N2O/c13-9-5-7(6-10(14)18-9)11(20)19-3-1-8(2-4-19)12(15,16)17/h5-6,8H,1-4H2. The van der Waals surface area contributed by atoms with Crippen molar-refractivity contribution in [3.63, 3.8) is 0 Å². The van der Waals surface area contributed by atoms with Crippen molar-refractivity contribution in [2.75, 3.05) is 13.1 Å². The van der Waals surface area contributed by atoms with Crippen molar-refractivity contribution in [3.8, 4) is 0 Å². The van der Waals surface area contributed by atoms with Crippen molar-refractivity contribution in [3.05, 3.63) is 28.0 Å². The van der Waals surface area contributed by atoms with Gasteiger partial charge in [-0.2, -0.15) is 13.2 Å². The lowest BCUT2D eigenvalue weighted by Crippen LogP contribution is -2.42. The van der Waals surface area contributed by atoms with E-state index in [0.717, 1.165) is 0 Å². The van der Waals surface area contributed by atoms with Gasteiger partial charge in [-0.15, -0.1) is 0 Å². The van der Waals surface area contributed by atoms with Crippen LogP contribution < -0.4 is 0 Å². The zero-order valence-electron chi connectivity index (χ0n) is 10.3. The smallest absolute Gasteiger partial charge is 0.339 e. The largest absolute Gasteiger partial charge is 0.391 e. The molecule has 0 radical (unpaired) electrons. The summed E-state index contributed by atoms with van der Waals surface area (Å²) in [6.45, 7) is 0.140. The van der Waals surface area contributed by atoms with Crippen molar-refractivity contribution in [1.29, 1.82) is 0 Å². The number of hydrogen-bond acceptors (Lipinski definition) is 2. The van der Waals surface area contributed by atoms with Gasteiger partial charge in [0.25, 0.3) is 5.91 Å². The Labute approximate surface area is 123 Å². The molecule has 8 heteroatoms. The molecular weight excluding hydrogens is 316 g/mol. The Morgan fingerprint density at radius 3 is 2.15 bits per heavy atom. The van der Waals surface area contributed by atoms with Crippen LogP contribution in [0, 0.1) is 5.92 Å². The highest BCUT2D eigenvalue weighted by Gasteiger charge is 2.41. The third-order valence-electron chi connectivity index (χ3n) is 3.25. The second-order valence-corrected chi connectivity index (χ2v) is 5.38. The molecule has 1 aliphatic rings. The fourth-order valence-corrected chi connectivity index (χ4v) is 2.64. The summed E-state index contributed by atoms with van der Waals surface area (Å²) in [5, 5.41) is 0.150. The van der Waals surface area contributed by atoms with Crippen molar-refractivity contribution < 1.29 is 18.0 Å². The van der Waals surface area contributed by atoms with Gasteiger partial charge in [-0.25, -0.2) is 4.98 Å². The monoisotopic (exact) mass is 326 g/mol. The van der Waals surface area contributed by atoms with Gasteiger partial charge in [0.05, 0.1) is 5.92 Å². The Kier molecular flexibility index (Phi) is 4.44. The van der Waals surface area contributed by atoms with Crippen LogP contribution in [0.2, 0.25) is 10.3 Å². The first kappa shape index (κ1) is 15.4. The lowest BCUT2D eigenvalue weighted by molar-refractivity contribution is -0.183. The minimum absolute atomic E-state index is 0.0700. The summed E-state index contributed by atoms with van der Waals surface area (Å²) in [5.41, 5.74) is 0.237. The molecule has 0 spiro atoms. The van der Waals surface area contributed by atoms with E-state index in [1.807, 2.05) is 0 Å². The van der Waals surface area contributed by atoms with Crippen LogP contribution in [0.25, 0.3) is 0 Å². The van der Waals surface area contributed by atoms with Crippen molar-refractivity contribution in [1.82, 2.24) is 9.88 Å². The molecule has 0 bridgehead atoms. The molecule has 1 amide bonds. The first-order chi connectivity index (χ1) is 9.27. The van der Waals surface area contributed by atoms with Gasteiger partial charge in [0.15, 0.2) is 0 Å². The Balaban J connectivity index is 2.05. The third-order valence-corrected chi connectivity index (χ3v) is 3.64. The number of halogens is 5. The molecule has 110 valence electrons. The van der Waals surface area contributed by atoms with Gasteiger partial charge in [-0.1, -0.05) is 23.2 Å². The molecule has 1 aromatic heterocycles. The van der Waals surface area contributed by atoms with Crippen LogP contribution in [0.15, 0.2) is 12.1 Å². The van der Waals surface area contributed by atoms with Gasteiger partial charge in [0.2, 0.25) is 0 Å². The molecule has 0 unspecified atom stereocenters. The molecule has 0 atom stereocenters. The lowest BCUT2D eigenvalue weighted by atomic mass is 9.96. The van der Waals surface area contributed by atoms with Crippen LogP contribution in [0.5, 0.6) is 0 Å². The van der Waals surface area contributed by atoms with Crippen LogP contribution in [0.4, 0.5) is 13.2 Å². The Morgan fingerprint density at radius 1 is 1.20 bits per heavy atom. The quantitative estimate of drug-likeness (QED) is 0.735. The topological polar surface area (TPSA) is 33.2 Å². The van der Waals surface area contributed by atoms with E-state index in [9.17, 15) is 18.0 Å². The average Bonchev–Trinajstić information content (AvgIpc) is 2.36. The minimum atomic E-state index is -4.20. The molecular formula is C12H11Cl2F3N2O. The van der Waals surface area contributed by atoms with E-state index in [4.69, 9.17) is 23.2 Å². The van der Waals surface area contributed by atoms with Gasteiger partial charge in [-0.3, -0.25) is 4.79 Å². The van der Waals surface area contributed by atoms with E-state index in [-0.39, 0.29) is 47.7 Å². The molecule has 0 aromatic carbocycles. The number of nitrogens with zero attached hydrogens (tertiary/aromatic N) is 2. The third kappa shape index (κ3) is 3.55. The predicted molar refractivity (Wildman–Crippen MR) is 68.9 cm³/mol. The summed E-state index contributed by atoms with van der Waals surface area (Å²) >= 11 is 11.4. The molecule has 1 aromatic rings. The summed E-state index contributed by atoms with van der Waals surface area (Å²) in [5.74, 6) is -1.71. The fraction of sp³-hybridized carbons (Fsp3) is 0.500. The lowest BCUT2D eigenvalue weighted by Gasteiger charge is -2.33. The summed E-state index contributed by atoms with van der Waals surface area (Å²) in [4.78, 5) is 17.3. The van der Waals surface area contributed by atoms with E-state index >= 15 is 0 Å². The molecule has 1 fully saturated rings. The van der Waals surface area contributed by atoms with Gasteiger partial charge in [-0.05, 0) is 25.0 Å². The minimum Gasteiger partial charge on any atom is -0.339 e. The normalized spacial score (nSPS) is 17.4. The second-order valence-electron chi connectivity index (χ2n) is 4.61. The van der Waals surface area contributed by atoms with Crippen molar-refractivity contribution >= 4 is 29.1 Å². The van der Waals surface area contributed by atoms with Crippen molar-refractivity contribution in [2.45, 2.75) is 19.0 Å². The molecule has 1 aliphatic heterocycles. The number of alkyl halides is 3. The van der Waals surface area contributed by atoms with Gasteiger partial charge in [0, 0.05) is 18.7 Å². The summed E-state index contributed by atoms with van der Waals surface area (Å²) < 4.78 is 37.7.